The van der Waals surface area contributed by atoms with E-state index in [4.69, 9.17) is 4.74 Å². The van der Waals surface area contributed by atoms with Crippen LogP contribution in [-0.2, 0) is 4.74 Å². The van der Waals surface area contributed by atoms with Gasteiger partial charge in [0.2, 0.25) is 0 Å². The molecule has 19 heavy (non-hydrogen) atoms. The van der Waals surface area contributed by atoms with E-state index in [0.717, 1.165) is 28.8 Å². The number of aromatic nitrogens is 1. The number of nitrogens with zero attached hydrogens (tertiary/aromatic N) is 1. The molecular formula is C15H19BrN2O. The maximum absolute atomic E-state index is 5.55. The van der Waals surface area contributed by atoms with Crippen LogP contribution < -0.4 is 5.32 Å². The molecule has 1 heterocycles. The zero-order valence-corrected chi connectivity index (χ0v) is 12.9. The van der Waals surface area contributed by atoms with Crippen LogP contribution in [-0.4, -0.2) is 24.7 Å². The molecule has 4 heteroatoms. The number of pyridine rings is 1. The Bertz CT molecular complexity index is 543. The third kappa shape index (κ3) is 3.91. The number of benzene rings is 1. The number of halogens is 1. The highest BCUT2D eigenvalue weighted by Crippen LogP contribution is 2.27. The minimum absolute atomic E-state index is 0.576. The first-order chi connectivity index (χ1) is 9.18. The molecule has 3 nitrogen and oxygen atoms in total. The quantitative estimate of drug-likeness (QED) is 0.813. The Kier molecular flexibility index (Phi) is 5.16. The van der Waals surface area contributed by atoms with Crippen molar-refractivity contribution in [2.75, 3.05) is 25.1 Å². The van der Waals surface area contributed by atoms with Gasteiger partial charge < -0.3 is 10.1 Å². The van der Waals surface area contributed by atoms with Gasteiger partial charge in [0.25, 0.3) is 0 Å². The molecule has 0 unspecified atom stereocenters. The monoisotopic (exact) mass is 322 g/mol. The van der Waals surface area contributed by atoms with Gasteiger partial charge in [0.05, 0.1) is 6.61 Å². The van der Waals surface area contributed by atoms with E-state index in [1.165, 1.54) is 5.39 Å². The first kappa shape index (κ1) is 14.3. The summed E-state index contributed by atoms with van der Waals surface area (Å²) in [5, 5.41) is 5.63. The van der Waals surface area contributed by atoms with E-state index in [9.17, 15) is 0 Å². The molecule has 0 aliphatic carbocycles. The average Bonchev–Trinajstić information content (AvgIpc) is 2.39. The van der Waals surface area contributed by atoms with Crippen molar-refractivity contribution in [1.82, 2.24) is 4.98 Å². The van der Waals surface area contributed by atoms with Crippen molar-refractivity contribution < 1.29 is 4.74 Å². The smallest absolute Gasteiger partial charge is 0.133 e. The summed E-state index contributed by atoms with van der Waals surface area (Å²) < 4.78 is 6.64. The summed E-state index contributed by atoms with van der Waals surface area (Å²) in [5.74, 6) is 1.48. The molecular weight excluding hydrogens is 304 g/mol. The second kappa shape index (κ2) is 6.87. The van der Waals surface area contributed by atoms with Crippen molar-refractivity contribution in [2.24, 2.45) is 5.92 Å². The number of nitrogens with one attached hydrogen (secondary N) is 1. The summed E-state index contributed by atoms with van der Waals surface area (Å²) in [7, 11) is 0. The maximum Gasteiger partial charge on any atom is 0.133 e. The third-order valence-corrected chi connectivity index (χ3v) is 3.43. The minimum Gasteiger partial charge on any atom is -0.379 e. The van der Waals surface area contributed by atoms with Gasteiger partial charge in [0.1, 0.15) is 5.82 Å². The summed E-state index contributed by atoms with van der Waals surface area (Å²) in [4.78, 5) is 4.39. The second-order valence-corrected chi connectivity index (χ2v) is 5.74. The van der Waals surface area contributed by atoms with Crippen molar-refractivity contribution in [3.8, 4) is 0 Å². The molecule has 102 valence electrons. The van der Waals surface area contributed by atoms with Gasteiger partial charge in [-0.05, 0) is 18.1 Å². The van der Waals surface area contributed by atoms with Crippen LogP contribution >= 0.6 is 15.9 Å². The molecule has 1 N–H and O–H groups in total. The van der Waals surface area contributed by atoms with Crippen molar-refractivity contribution in [3.05, 3.63) is 34.9 Å². The summed E-state index contributed by atoms with van der Waals surface area (Å²) in [6, 6.07) is 8.15. The minimum atomic E-state index is 0.576. The van der Waals surface area contributed by atoms with Crippen LogP contribution in [0, 0.1) is 5.92 Å². The Hall–Kier alpha value is -1.13. The molecule has 0 radical (unpaired) electrons. The lowest BCUT2D eigenvalue weighted by atomic mass is 10.1. The highest BCUT2D eigenvalue weighted by Gasteiger charge is 2.04. The highest BCUT2D eigenvalue weighted by atomic mass is 79.9. The summed E-state index contributed by atoms with van der Waals surface area (Å²) in [5.41, 5.74) is 0. The predicted octanol–water partition coefficient (Wildman–Crippen LogP) is 4.08. The standard InChI is InChI=1S/C15H19BrN2O/c1-11(2)10-19-9-8-18-15-13-4-3-5-14(16)12(13)6-7-17-15/h3-7,11H,8-10H2,1-2H3,(H,17,18). The number of hydrogen-bond donors (Lipinski definition) is 1. The topological polar surface area (TPSA) is 34.1 Å². The van der Waals surface area contributed by atoms with Crippen LogP contribution in [0.5, 0.6) is 0 Å². The van der Waals surface area contributed by atoms with Crippen molar-refractivity contribution in [2.45, 2.75) is 13.8 Å². The molecule has 0 fully saturated rings. The number of hydrogen-bond acceptors (Lipinski definition) is 3. The fourth-order valence-corrected chi connectivity index (χ4v) is 2.37. The van der Waals surface area contributed by atoms with E-state index in [1.807, 2.05) is 24.4 Å². The number of fused-ring (bicyclic) bond motifs is 1. The molecule has 0 spiro atoms. The Morgan fingerprint density at radius 2 is 2.11 bits per heavy atom. The third-order valence-electron chi connectivity index (χ3n) is 2.74. The fourth-order valence-electron chi connectivity index (χ4n) is 1.87. The van der Waals surface area contributed by atoms with Crippen LogP contribution in [0.2, 0.25) is 0 Å². The first-order valence-electron chi connectivity index (χ1n) is 6.53. The molecule has 0 aliphatic rings. The van der Waals surface area contributed by atoms with E-state index in [0.29, 0.717) is 12.5 Å². The lowest BCUT2D eigenvalue weighted by Gasteiger charge is -2.10. The number of ether oxygens (including phenoxy) is 1. The Labute approximate surface area is 122 Å². The Balaban J connectivity index is 1.99. The zero-order valence-electron chi connectivity index (χ0n) is 11.3. The SMILES string of the molecule is CC(C)COCCNc1nccc2c(Br)cccc12. The molecule has 0 atom stereocenters. The van der Waals surface area contributed by atoms with E-state index in [1.54, 1.807) is 0 Å². The van der Waals surface area contributed by atoms with Crippen LogP contribution in [0.25, 0.3) is 10.8 Å². The van der Waals surface area contributed by atoms with Crippen LogP contribution in [0.1, 0.15) is 13.8 Å². The molecule has 2 rings (SSSR count). The molecule has 0 aliphatic heterocycles. The molecule has 0 saturated carbocycles. The van der Waals surface area contributed by atoms with Crippen LogP contribution in [0.3, 0.4) is 0 Å². The summed E-state index contributed by atoms with van der Waals surface area (Å²) >= 11 is 3.56. The van der Waals surface area contributed by atoms with E-state index >= 15 is 0 Å². The van der Waals surface area contributed by atoms with Crippen molar-refractivity contribution in [1.29, 1.82) is 0 Å². The maximum atomic E-state index is 5.55. The van der Waals surface area contributed by atoms with Gasteiger partial charge in [0, 0.05) is 34.6 Å². The highest BCUT2D eigenvalue weighted by molar-refractivity contribution is 9.10. The van der Waals surface area contributed by atoms with Gasteiger partial charge in [-0.3, -0.25) is 0 Å². The van der Waals surface area contributed by atoms with E-state index in [-0.39, 0.29) is 0 Å². The predicted molar refractivity (Wildman–Crippen MR) is 83.6 cm³/mol. The van der Waals surface area contributed by atoms with Crippen LogP contribution in [0.15, 0.2) is 34.9 Å². The first-order valence-corrected chi connectivity index (χ1v) is 7.32. The molecule has 0 bridgehead atoms. The lowest BCUT2D eigenvalue weighted by molar-refractivity contribution is 0.118. The van der Waals surface area contributed by atoms with Crippen molar-refractivity contribution in [3.63, 3.8) is 0 Å². The largest absolute Gasteiger partial charge is 0.379 e. The van der Waals surface area contributed by atoms with E-state index < -0.39 is 0 Å². The lowest BCUT2D eigenvalue weighted by Crippen LogP contribution is -2.13. The van der Waals surface area contributed by atoms with Gasteiger partial charge >= 0.3 is 0 Å². The fraction of sp³-hybridized carbons (Fsp3) is 0.400. The van der Waals surface area contributed by atoms with Crippen LogP contribution in [0.4, 0.5) is 5.82 Å². The molecule has 1 aromatic heterocycles. The van der Waals surface area contributed by atoms with Crippen molar-refractivity contribution >= 4 is 32.5 Å². The van der Waals surface area contributed by atoms with Gasteiger partial charge in [-0.15, -0.1) is 0 Å². The van der Waals surface area contributed by atoms with Gasteiger partial charge in [-0.25, -0.2) is 4.98 Å². The summed E-state index contributed by atoms with van der Waals surface area (Å²) in [6.45, 7) is 6.57. The molecule has 0 saturated heterocycles. The number of anilines is 1. The van der Waals surface area contributed by atoms with Gasteiger partial charge in [0.15, 0.2) is 0 Å². The van der Waals surface area contributed by atoms with E-state index in [2.05, 4.69) is 46.1 Å². The Morgan fingerprint density at radius 1 is 1.26 bits per heavy atom. The normalized spacial score (nSPS) is 11.2. The molecule has 0 amide bonds. The molecule has 2 aromatic rings. The molecule has 1 aromatic carbocycles. The Morgan fingerprint density at radius 3 is 2.89 bits per heavy atom. The second-order valence-electron chi connectivity index (χ2n) is 4.89. The average molecular weight is 323 g/mol. The number of rotatable bonds is 6. The summed E-state index contributed by atoms with van der Waals surface area (Å²) in [6.07, 6.45) is 1.82. The van der Waals surface area contributed by atoms with Gasteiger partial charge in [-0.2, -0.15) is 0 Å². The van der Waals surface area contributed by atoms with Gasteiger partial charge in [-0.1, -0.05) is 41.9 Å². The zero-order chi connectivity index (χ0) is 13.7.